The Bertz CT molecular complexity index is 791. The van der Waals surface area contributed by atoms with Gasteiger partial charge >= 0.3 is 12.0 Å². The summed E-state index contributed by atoms with van der Waals surface area (Å²) in [6.45, 7) is 9.97. The third kappa shape index (κ3) is 17.2. The summed E-state index contributed by atoms with van der Waals surface area (Å²) in [5.41, 5.74) is 0. The van der Waals surface area contributed by atoms with Gasteiger partial charge in [0.1, 0.15) is 18.3 Å². The average Bonchev–Trinajstić information content (AvgIpc) is 3.26. The molecule has 0 spiro atoms. The summed E-state index contributed by atoms with van der Waals surface area (Å²) in [5.74, 6) is 0.0714. The fraction of sp³-hybridized carbons (Fsp3) is 0.500. The molecule has 0 radical (unpaired) electrons. The van der Waals surface area contributed by atoms with Gasteiger partial charge in [-0.05, 0) is 38.5 Å². The number of rotatable bonds is 10. The summed E-state index contributed by atoms with van der Waals surface area (Å²) in [5, 5.41) is 14.0. The van der Waals surface area contributed by atoms with Crippen molar-refractivity contribution in [2.24, 2.45) is 5.92 Å². The molecular formula is C26H42N3O7P. The molecule has 4 unspecified atom stereocenters. The Kier molecular flexibility index (Phi) is 22.9. The lowest BCUT2D eigenvalue weighted by Crippen LogP contribution is -2.44. The SMILES string of the molecule is C#C.CC.CNC(=O)N(/C=C\C=O)C1OC(COPNCC(=O)OC(C)C)CC1C.Oc1ccccc1. The first-order valence-electron chi connectivity index (χ1n) is 11.9. The van der Waals surface area contributed by atoms with Crippen LogP contribution in [0.25, 0.3) is 0 Å². The largest absolute Gasteiger partial charge is 0.508 e. The van der Waals surface area contributed by atoms with Crippen LogP contribution < -0.4 is 10.4 Å². The van der Waals surface area contributed by atoms with E-state index in [-0.39, 0.29) is 45.6 Å². The van der Waals surface area contributed by atoms with Gasteiger partial charge < -0.3 is 24.4 Å². The Hall–Kier alpha value is -2.96. The van der Waals surface area contributed by atoms with Crippen LogP contribution in [0.2, 0.25) is 0 Å². The minimum absolute atomic E-state index is 0.0613. The number of aldehydes is 1. The molecular weight excluding hydrogens is 497 g/mol. The lowest BCUT2D eigenvalue weighted by molar-refractivity contribution is -0.145. The summed E-state index contributed by atoms with van der Waals surface area (Å²) in [4.78, 5) is 35.3. The van der Waals surface area contributed by atoms with E-state index >= 15 is 0 Å². The zero-order chi connectivity index (χ0) is 28.6. The summed E-state index contributed by atoms with van der Waals surface area (Å²) in [7, 11) is 1.45. The number of allylic oxidation sites excluding steroid dienone is 1. The fourth-order valence-electron chi connectivity index (χ4n) is 2.92. The number of carbonyl (C=O) groups is 3. The normalized spacial score (nSPS) is 18.0. The summed E-state index contributed by atoms with van der Waals surface area (Å²) < 4.78 is 16.4. The first-order valence-corrected chi connectivity index (χ1v) is 12.8. The Morgan fingerprint density at radius 1 is 1.27 bits per heavy atom. The maximum absolute atomic E-state index is 12.0. The zero-order valence-electron chi connectivity index (χ0n) is 22.5. The van der Waals surface area contributed by atoms with E-state index in [1.165, 1.54) is 24.2 Å². The highest BCUT2D eigenvalue weighted by Gasteiger charge is 2.37. The Labute approximate surface area is 223 Å². The predicted molar refractivity (Wildman–Crippen MR) is 147 cm³/mol. The number of nitrogens with zero attached hydrogens (tertiary/aromatic N) is 1. The second-order valence-electron chi connectivity index (χ2n) is 7.44. The lowest BCUT2D eigenvalue weighted by atomic mass is 10.1. The van der Waals surface area contributed by atoms with Crippen molar-refractivity contribution in [1.29, 1.82) is 0 Å². The van der Waals surface area contributed by atoms with Gasteiger partial charge in [-0.1, -0.05) is 39.0 Å². The first-order chi connectivity index (χ1) is 17.8. The van der Waals surface area contributed by atoms with E-state index in [4.69, 9.17) is 19.1 Å². The number of terminal acetylenes is 1. The highest BCUT2D eigenvalue weighted by molar-refractivity contribution is 7.29. The second kappa shape index (κ2) is 23.4. The molecule has 1 saturated heterocycles. The number of esters is 1. The van der Waals surface area contributed by atoms with Crippen molar-refractivity contribution in [1.82, 2.24) is 15.3 Å². The van der Waals surface area contributed by atoms with Crippen molar-refractivity contribution in [3.8, 4) is 18.6 Å². The minimum Gasteiger partial charge on any atom is -0.508 e. The number of para-hydroxylation sites is 1. The molecule has 208 valence electrons. The van der Waals surface area contributed by atoms with Crippen molar-refractivity contribution in [2.45, 2.75) is 59.5 Å². The molecule has 1 aliphatic rings. The third-order valence-electron chi connectivity index (χ3n) is 4.27. The number of aromatic hydroxyl groups is 1. The van der Waals surface area contributed by atoms with Gasteiger partial charge in [-0.25, -0.2) is 4.79 Å². The molecule has 10 nitrogen and oxygen atoms in total. The number of carbonyl (C=O) groups excluding carboxylic acids is 3. The molecule has 0 saturated carbocycles. The lowest BCUT2D eigenvalue weighted by Gasteiger charge is -2.27. The van der Waals surface area contributed by atoms with Crippen molar-refractivity contribution in [2.75, 3.05) is 20.2 Å². The molecule has 0 aliphatic carbocycles. The molecule has 1 fully saturated rings. The van der Waals surface area contributed by atoms with Crippen molar-refractivity contribution >= 4 is 27.2 Å². The van der Waals surface area contributed by atoms with Crippen LogP contribution >= 0.6 is 8.96 Å². The highest BCUT2D eigenvalue weighted by atomic mass is 31.1. The van der Waals surface area contributed by atoms with Gasteiger partial charge in [0.05, 0.1) is 34.3 Å². The number of urea groups is 1. The highest BCUT2D eigenvalue weighted by Crippen LogP contribution is 2.30. The van der Waals surface area contributed by atoms with Crippen LogP contribution in [-0.4, -0.2) is 66.9 Å². The number of phenolic OH excluding ortho intramolecular Hbond substituents is 1. The van der Waals surface area contributed by atoms with E-state index in [0.29, 0.717) is 25.1 Å². The van der Waals surface area contributed by atoms with Crippen molar-refractivity contribution in [3.63, 3.8) is 0 Å². The maximum Gasteiger partial charge on any atom is 0.323 e. The molecule has 1 aliphatic heterocycles. The molecule has 2 rings (SSSR count). The molecule has 1 aromatic rings. The van der Waals surface area contributed by atoms with Gasteiger partial charge in [-0.15, -0.1) is 12.8 Å². The maximum atomic E-state index is 12.0. The van der Waals surface area contributed by atoms with Crippen LogP contribution in [0.1, 0.15) is 41.0 Å². The Morgan fingerprint density at radius 2 is 1.89 bits per heavy atom. The van der Waals surface area contributed by atoms with E-state index in [1.807, 2.05) is 26.8 Å². The van der Waals surface area contributed by atoms with Gasteiger partial charge in [0, 0.05) is 19.2 Å². The van der Waals surface area contributed by atoms with Gasteiger partial charge in [0.2, 0.25) is 0 Å². The van der Waals surface area contributed by atoms with Crippen molar-refractivity contribution in [3.05, 3.63) is 42.6 Å². The third-order valence-corrected chi connectivity index (χ3v) is 4.90. The molecule has 3 N–H and O–H groups in total. The number of phenols is 1. The number of amides is 2. The van der Waals surface area contributed by atoms with E-state index in [9.17, 15) is 14.4 Å². The zero-order valence-corrected chi connectivity index (χ0v) is 23.5. The van der Waals surface area contributed by atoms with Crippen LogP contribution in [-0.2, 0) is 23.6 Å². The smallest absolute Gasteiger partial charge is 0.323 e. The molecule has 4 atom stereocenters. The molecule has 37 heavy (non-hydrogen) atoms. The molecule has 11 heteroatoms. The topological polar surface area (TPSA) is 126 Å². The van der Waals surface area contributed by atoms with Gasteiger partial charge in [-0.3, -0.25) is 19.6 Å². The van der Waals surface area contributed by atoms with Gasteiger partial charge in [-0.2, -0.15) is 0 Å². The van der Waals surface area contributed by atoms with Gasteiger partial charge in [0.15, 0.2) is 0 Å². The second-order valence-corrected chi connectivity index (χ2v) is 8.29. The molecule has 2 amide bonds. The number of nitrogens with one attached hydrogen (secondary N) is 2. The Balaban J connectivity index is 0. The average molecular weight is 540 g/mol. The van der Waals surface area contributed by atoms with Crippen LogP contribution in [0.4, 0.5) is 4.79 Å². The van der Waals surface area contributed by atoms with Crippen molar-refractivity contribution < 1.29 is 33.5 Å². The number of hydrogen-bond donors (Lipinski definition) is 3. The van der Waals surface area contributed by atoms with E-state index in [2.05, 4.69) is 23.3 Å². The monoisotopic (exact) mass is 539 g/mol. The standard InChI is InChI=1S/C16H28N3O6P.C6H6O.C2H6.C2H2/c1-11(2)24-14(21)9-18-26-23-10-13-8-12(3)15(25-13)19(6-5-7-20)16(22)17-4;7-6-4-2-1-3-5-6;2*1-2/h5-7,11-13,15,18,26H,8-10H2,1-4H3,(H,17,22);1-5,7H;1-2H3;1-2H/b6-5-;;;. The fourth-order valence-corrected chi connectivity index (χ4v) is 3.50. The van der Waals surface area contributed by atoms with E-state index in [1.54, 1.807) is 38.1 Å². The summed E-state index contributed by atoms with van der Waals surface area (Å²) in [6.07, 6.45) is 11.2. The Morgan fingerprint density at radius 3 is 2.38 bits per heavy atom. The van der Waals surface area contributed by atoms with Crippen LogP contribution in [0.15, 0.2) is 42.6 Å². The van der Waals surface area contributed by atoms with E-state index in [0.717, 1.165) is 0 Å². The van der Waals surface area contributed by atoms with Crippen LogP contribution in [0.3, 0.4) is 0 Å². The summed E-state index contributed by atoms with van der Waals surface area (Å²) in [6, 6.07) is 8.36. The predicted octanol–water partition coefficient (Wildman–Crippen LogP) is 3.83. The van der Waals surface area contributed by atoms with E-state index < -0.39 is 6.23 Å². The molecule has 0 aromatic heterocycles. The molecule has 1 aromatic carbocycles. The van der Waals surface area contributed by atoms with Crippen LogP contribution in [0.5, 0.6) is 5.75 Å². The van der Waals surface area contributed by atoms with Gasteiger partial charge in [0.25, 0.3) is 0 Å². The minimum atomic E-state index is -0.475. The first kappa shape index (κ1) is 36.2. The molecule has 0 bridgehead atoms. The quantitative estimate of drug-likeness (QED) is 0.102. The van der Waals surface area contributed by atoms with Crippen LogP contribution in [0, 0.1) is 18.8 Å². The number of benzene rings is 1. The number of ether oxygens (including phenoxy) is 2. The summed E-state index contributed by atoms with van der Waals surface area (Å²) >= 11 is 0. The number of hydrogen-bond acceptors (Lipinski definition) is 8. The molecule has 1 heterocycles.